The minimum Gasteiger partial charge on any atom is -0.481 e. The number of halogens is 1. The van der Waals surface area contributed by atoms with E-state index in [1.807, 2.05) is 25.1 Å². The summed E-state index contributed by atoms with van der Waals surface area (Å²) in [5.41, 5.74) is 1.27. The number of rotatable bonds is 4. The highest BCUT2D eigenvalue weighted by Gasteiger charge is 2.51. The normalized spacial score (nSPS) is 16.1. The number of aryl methyl sites for hydroxylation is 1. The topological polar surface area (TPSA) is 80.9 Å². The van der Waals surface area contributed by atoms with Gasteiger partial charge in [-0.25, -0.2) is 4.68 Å². The molecule has 20 heavy (non-hydrogen) atoms. The van der Waals surface area contributed by atoms with Crippen molar-refractivity contribution in [2.75, 3.05) is 0 Å². The molecule has 0 saturated heterocycles. The molecule has 7 heteroatoms. The molecule has 0 bridgehead atoms. The van der Waals surface area contributed by atoms with Crippen LogP contribution in [0, 0.1) is 12.3 Å². The Morgan fingerprint density at radius 2 is 2.20 bits per heavy atom. The Labute approximate surface area is 123 Å². The van der Waals surface area contributed by atoms with Crippen molar-refractivity contribution >= 4 is 21.9 Å². The van der Waals surface area contributed by atoms with Gasteiger partial charge in [0, 0.05) is 10.0 Å². The van der Waals surface area contributed by atoms with Crippen molar-refractivity contribution in [1.82, 2.24) is 20.2 Å². The van der Waals surface area contributed by atoms with Gasteiger partial charge in [-0.05, 0) is 54.0 Å². The zero-order valence-corrected chi connectivity index (χ0v) is 12.5. The maximum absolute atomic E-state index is 11.3. The zero-order chi connectivity index (χ0) is 14.3. The summed E-state index contributed by atoms with van der Waals surface area (Å²) in [5, 5.41) is 20.9. The Balaban J connectivity index is 1.96. The maximum atomic E-state index is 11.3. The third kappa shape index (κ3) is 2.33. The fraction of sp³-hybridized carbons (Fsp3) is 0.385. The highest BCUT2D eigenvalue weighted by molar-refractivity contribution is 9.10. The van der Waals surface area contributed by atoms with E-state index < -0.39 is 11.4 Å². The quantitative estimate of drug-likeness (QED) is 0.926. The number of hydrogen-bond donors (Lipinski definition) is 1. The highest BCUT2D eigenvalue weighted by atomic mass is 79.9. The number of benzene rings is 1. The van der Waals surface area contributed by atoms with E-state index in [0.717, 1.165) is 15.6 Å². The van der Waals surface area contributed by atoms with E-state index in [0.29, 0.717) is 25.2 Å². The van der Waals surface area contributed by atoms with E-state index in [-0.39, 0.29) is 0 Å². The number of nitrogens with zero attached hydrogens (tertiary/aromatic N) is 4. The van der Waals surface area contributed by atoms with E-state index in [4.69, 9.17) is 0 Å². The highest BCUT2D eigenvalue weighted by Crippen LogP contribution is 2.47. The van der Waals surface area contributed by atoms with Crippen molar-refractivity contribution in [3.8, 4) is 11.4 Å². The fourth-order valence-corrected chi connectivity index (χ4v) is 2.87. The van der Waals surface area contributed by atoms with Crippen molar-refractivity contribution in [3.63, 3.8) is 0 Å². The van der Waals surface area contributed by atoms with Gasteiger partial charge in [0.2, 0.25) is 0 Å². The summed E-state index contributed by atoms with van der Waals surface area (Å²) < 4.78 is 2.53. The summed E-state index contributed by atoms with van der Waals surface area (Å²) >= 11 is 3.45. The number of carbonyl (C=O) groups is 1. The van der Waals surface area contributed by atoms with Crippen LogP contribution in [0.25, 0.3) is 11.4 Å². The summed E-state index contributed by atoms with van der Waals surface area (Å²) in [6.07, 6.45) is 1.36. The van der Waals surface area contributed by atoms with Gasteiger partial charge in [-0.2, -0.15) is 0 Å². The first kappa shape index (κ1) is 13.2. The van der Waals surface area contributed by atoms with Crippen LogP contribution in [-0.4, -0.2) is 31.3 Å². The average Bonchev–Trinajstić information content (AvgIpc) is 2.99. The van der Waals surface area contributed by atoms with Gasteiger partial charge in [0.05, 0.1) is 12.0 Å². The van der Waals surface area contributed by atoms with Crippen LogP contribution in [0.2, 0.25) is 0 Å². The Kier molecular flexibility index (Phi) is 3.08. The molecule has 1 fully saturated rings. The Hall–Kier alpha value is -1.76. The van der Waals surface area contributed by atoms with E-state index in [1.54, 1.807) is 4.68 Å². The monoisotopic (exact) mass is 336 g/mol. The molecule has 1 aliphatic carbocycles. The molecule has 104 valence electrons. The predicted molar refractivity (Wildman–Crippen MR) is 75.0 cm³/mol. The molecule has 1 saturated carbocycles. The standard InChI is InChI=1S/C13H13BrN4O2/c1-8-4-9(6-10(14)5-8)11-15-16-17-18(11)7-13(2-3-13)12(19)20/h4-6H,2-3,7H2,1H3,(H,19,20). The summed E-state index contributed by atoms with van der Waals surface area (Å²) in [5.74, 6) is -0.175. The molecule has 2 aromatic rings. The zero-order valence-electron chi connectivity index (χ0n) is 10.9. The van der Waals surface area contributed by atoms with Gasteiger partial charge in [0.25, 0.3) is 0 Å². The molecule has 6 nitrogen and oxygen atoms in total. The molecule has 0 spiro atoms. The lowest BCUT2D eigenvalue weighted by molar-refractivity contribution is -0.144. The van der Waals surface area contributed by atoms with Crippen molar-refractivity contribution in [1.29, 1.82) is 0 Å². The van der Waals surface area contributed by atoms with Crippen LogP contribution in [0.5, 0.6) is 0 Å². The molecular formula is C13H13BrN4O2. The molecule has 3 rings (SSSR count). The van der Waals surface area contributed by atoms with E-state index in [2.05, 4.69) is 31.5 Å². The molecule has 0 atom stereocenters. The second-order valence-corrected chi connectivity index (χ2v) is 6.18. The Bertz CT molecular complexity index is 659. The molecule has 0 amide bonds. The Morgan fingerprint density at radius 3 is 2.80 bits per heavy atom. The van der Waals surface area contributed by atoms with Gasteiger partial charge in [-0.3, -0.25) is 4.79 Å². The third-order valence-electron chi connectivity index (χ3n) is 3.59. The molecule has 0 radical (unpaired) electrons. The molecule has 1 aromatic carbocycles. The van der Waals surface area contributed by atoms with E-state index >= 15 is 0 Å². The second kappa shape index (κ2) is 4.66. The number of hydrogen-bond acceptors (Lipinski definition) is 4. The van der Waals surface area contributed by atoms with Gasteiger partial charge in [-0.1, -0.05) is 15.9 Å². The summed E-state index contributed by atoms with van der Waals surface area (Å²) in [7, 11) is 0. The van der Waals surface area contributed by atoms with Crippen LogP contribution < -0.4 is 0 Å². The van der Waals surface area contributed by atoms with Crippen LogP contribution in [-0.2, 0) is 11.3 Å². The minimum atomic E-state index is -0.774. The lowest BCUT2D eigenvalue weighted by Gasteiger charge is -2.11. The van der Waals surface area contributed by atoms with Crippen molar-refractivity contribution < 1.29 is 9.90 Å². The van der Waals surface area contributed by atoms with E-state index in [9.17, 15) is 9.90 Å². The lowest BCUT2D eigenvalue weighted by Crippen LogP contribution is -2.22. The summed E-state index contributed by atoms with van der Waals surface area (Å²) in [4.78, 5) is 11.3. The lowest BCUT2D eigenvalue weighted by atomic mass is 10.1. The number of aliphatic carboxylic acids is 1. The predicted octanol–water partition coefficient (Wildman–Crippen LogP) is 2.28. The molecule has 1 N–H and O–H groups in total. The average molecular weight is 337 g/mol. The Morgan fingerprint density at radius 1 is 1.45 bits per heavy atom. The van der Waals surface area contributed by atoms with Gasteiger partial charge in [0.1, 0.15) is 0 Å². The molecule has 1 heterocycles. The first-order chi connectivity index (χ1) is 9.50. The van der Waals surface area contributed by atoms with Crippen molar-refractivity contribution in [2.45, 2.75) is 26.3 Å². The van der Waals surface area contributed by atoms with E-state index in [1.165, 1.54) is 0 Å². The van der Waals surface area contributed by atoms with Crippen molar-refractivity contribution in [3.05, 3.63) is 28.2 Å². The van der Waals surface area contributed by atoms with Crippen LogP contribution >= 0.6 is 15.9 Å². The van der Waals surface area contributed by atoms with Gasteiger partial charge in [-0.15, -0.1) is 5.10 Å². The molecular weight excluding hydrogens is 324 g/mol. The van der Waals surface area contributed by atoms with Crippen LogP contribution in [0.15, 0.2) is 22.7 Å². The second-order valence-electron chi connectivity index (χ2n) is 5.26. The fourth-order valence-electron chi connectivity index (χ4n) is 2.26. The smallest absolute Gasteiger partial charge is 0.311 e. The minimum absolute atomic E-state index is 0.316. The SMILES string of the molecule is Cc1cc(Br)cc(-c2nnnn2CC2(C(=O)O)CC2)c1. The van der Waals surface area contributed by atoms with Crippen LogP contribution in [0.3, 0.4) is 0 Å². The number of carboxylic acids is 1. The molecule has 0 unspecified atom stereocenters. The number of aromatic nitrogens is 4. The maximum Gasteiger partial charge on any atom is 0.311 e. The number of tetrazole rings is 1. The van der Waals surface area contributed by atoms with Gasteiger partial charge >= 0.3 is 5.97 Å². The van der Waals surface area contributed by atoms with Gasteiger partial charge in [0.15, 0.2) is 5.82 Å². The summed E-state index contributed by atoms with van der Waals surface area (Å²) in [6.45, 7) is 2.30. The van der Waals surface area contributed by atoms with Crippen LogP contribution in [0.4, 0.5) is 0 Å². The number of carboxylic acid groups (broad SMARTS) is 1. The molecule has 1 aromatic heterocycles. The van der Waals surface area contributed by atoms with Crippen molar-refractivity contribution in [2.24, 2.45) is 5.41 Å². The third-order valence-corrected chi connectivity index (χ3v) is 4.05. The van der Waals surface area contributed by atoms with Gasteiger partial charge < -0.3 is 5.11 Å². The molecule has 1 aliphatic rings. The summed E-state index contributed by atoms with van der Waals surface area (Å²) in [6, 6.07) is 5.90. The molecule has 0 aliphatic heterocycles. The first-order valence-corrected chi connectivity index (χ1v) is 7.07. The largest absolute Gasteiger partial charge is 0.481 e. The van der Waals surface area contributed by atoms with Crippen LogP contribution in [0.1, 0.15) is 18.4 Å². The first-order valence-electron chi connectivity index (χ1n) is 6.27.